The average molecular weight is 238 g/mol. The summed E-state index contributed by atoms with van der Waals surface area (Å²) in [6.07, 6.45) is 0.627. The highest BCUT2D eigenvalue weighted by atomic mass is 16.2. The highest BCUT2D eigenvalue weighted by Crippen LogP contribution is 2.19. The molecule has 4 nitrogen and oxygen atoms in total. The number of carbonyl (C=O) groups excluding carboxylic acids is 2. The Kier molecular flexibility index (Phi) is 4.32. The molecule has 0 radical (unpaired) electrons. The number of hydrogen-bond donors (Lipinski definition) is 1. The Balaban J connectivity index is 2.99. The summed E-state index contributed by atoms with van der Waals surface area (Å²) in [5.41, 5.74) is 0.897. The van der Waals surface area contributed by atoms with E-state index in [9.17, 15) is 9.59 Å². The van der Waals surface area contributed by atoms with Gasteiger partial charge in [0.15, 0.2) is 0 Å². The smallest absolute Gasteiger partial charge is 0.246 e. The summed E-state index contributed by atoms with van der Waals surface area (Å²) >= 11 is 0. The van der Waals surface area contributed by atoms with Crippen LogP contribution in [0, 0.1) is 5.92 Å². The van der Waals surface area contributed by atoms with E-state index in [1.54, 1.807) is 4.90 Å². The van der Waals surface area contributed by atoms with Gasteiger partial charge in [0.25, 0.3) is 0 Å². The van der Waals surface area contributed by atoms with E-state index >= 15 is 0 Å². The second kappa shape index (κ2) is 5.34. The van der Waals surface area contributed by atoms with E-state index in [2.05, 4.69) is 11.9 Å². The summed E-state index contributed by atoms with van der Waals surface area (Å²) in [4.78, 5) is 25.9. The van der Waals surface area contributed by atoms with Crippen molar-refractivity contribution in [3.05, 3.63) is 12.2 Å². The first-order valence-corrected chi connectivity index (χ1v) is 6.13. The normalized spacial score (nSPS) is 25.1. The van der Waals surface area contributed by atoms with Crippen LogP contribution in [0.5, 0.6) is 0 Å². The molecular formula is C13H22N2O2. The fraction of sp³-hybridized carbons (Fsp3) is 0.692. The second-order valence-corrected chi connectivity index (χ2v) is 5.08. The predicted molar refractivity (Wildman–Crippen MR) is 67.4 cm³/mol. The molecule has 2 atom stereocenters. The molecule has 1 N–H and O–H groups in total. The fourth-order valence-corrected chi connectivity index (χ4v) is 2.20. The molecule has 2 unspecified atom stereocenters. The number of piperazine rings is 1. The third-order valence-corrected chi connectivity index (χ3v) is 2.98. The highest BCUT2D eigenvalue weighted by molar-refractivity contribution is 5.97. The molecule has 0 aromatic carbocycles. The van der Waals surface area contributed by atoms with Crippen LogP contribution in [0.25, 0.3) is 0 Å². The molecule has 0 aromatic heterocycles. The molecule has 1 saturated heterocycles. The number of carbonyl (C=O) groups is 2. The Bertz CT molecular complexity index is 336. The van der Waals surface area contributed by atoms with Crippen molar-refractivity contribution in [2.45, 2.75) is 46.2 Å². The fourth-order valence-electron chi connectivity index (χ4n) is 2.20. The minimum Gasteiger partial charge on any atom is -0.343 e. The van der Waals surface area contributed by atoms with Crippen LogP contribution in [0.2, 0.25) is 0 Å². The Labute approximate surface area is 103 Å². The van der Waals surface area contributed by atoms with Gasteiger partial charge in [0.1, 0.15) is 12.1 Å². The third kappa shape index (κ3) is 2.87. The Morgan fingerprint density at radius 1 is 1.47 bits per heavy atom. The molecule has 4 heteroatoms. The maximum absolute atomic E-state index is 12.2. The lowest BCUT2D eigenvalue weighted by Crippen LogP contribution is -2.64. The van der Waals surface area contributed by atoms with Gasteiger partial charge in [-0.15, -0.1) is 0 Å². The van der Waals surface area contributed by atoms with Gasteiger partial charge in [-0.25, -0.2) is 0 Å². The molecule has 96 valence electrons. The minimum atomic E-state index is -0.378. The minimum absolute atomic E-state index is 0.00815. The second-order valence-electron chi connectivity index (χ2n) is 5.08. The Morgan fingerprint density at radius 3 is 2.47 bits per heavy atom. The molecule has 0 aromatic rings. The van der Waals surface area contributed by atoms with Gasteiger partial charge in [0, 0.05) is 6.54 Å². The molecule has 1 rings (SSSR count). The van der Waals surface area contributed by atoms with Crippen LogP contribution in [0.3, 0.4) is 0 Å². The van der Waals surface area contributed by atoms with Gasteiger partial charge in [-0.2, -0.15) is 0 Å². The van der Waals surface area contributed by atoms with Crippen molar-refractivity contribution >= 4 is 11.8 Å². The summed E-state index contributed by atoms with van der Waals surface area (Å²) < 4.78 is 0. The van der Waals surface area contributed by atoms with E-state index in [0.29, 0.717) is 13.0 Å². The first kappa shape index (κ1) is 13.7. The van der Waals surface area contributed by atoms with Crippen LogP contribution in [0.4, 0.5) is 0 Å². The number of amides is 2. The van der Waals surface area contributed by atoms with Gasteiger partial charge in [-0.05, 0) is 19.3 Å². The van der Waals surface area contributed by atoms with Crippen LogP contribution in [0.15, 0.2) is 12.2 Å². The SMILES string of the molecule is C=C(C)CN1C(=O)C(CC)NC(=O)C1C(C)C. The lowest BCUT2D eigenvalue weighted by Gasteiger charge is -2.40. The highest BCUT2D eigenvalue weighted by Gasteiger charge is 2.40. The largest absolute Gasteiger partial charge is 0.343 e. The number of nitrogens with zero attached hydrogens (tertiary/aromatic N) is 1. The standard InChI is InChI=1S/C13H22N2O2/c1-6-10-13(17)15(7-8(2)3)11(9(4)5)12(16)14-10/h9-11H,2,6-7H2,1,3-5H3,(H,14,16). The lowest BCUT2D eigenvalue weighted by molar-refractivity contribution is -0.150. The van der Waals surface area contributed by atoms with E-state index in [4.69, 9.17) is 0 Å². The lowest BCUT2D eigenvalue weighted by atomic mass is 9.96. The van der Waals surface area contributed by atoms with Crippen LogP contribution in [0.1, 0.15) is 34.1 Å². The number of nitrogens with one attached hydrogen (secondary N) is 1. The van der Waals surface area contributed by atoms with Crippen molar-refractivity contribution in [3.63, 3.8) is 0 Å². The zero-order chi connectivity index (χ0) is 13.2. The van der Waals surface area contributed by atoms with Gasteiger partial charge >= 0.3 is 0 Å². The van der Waals surface area contributed by atoms with E-state index in [1.165, 1.54) is 0 Å². The molecular weight excluding hydrogens is 216 g/mol. The summed E-state index contributed by atoms with van der Waals surface area (Å²) in [6, 6.07) is -0.751. The molecule has 0 bridgehead atoms. The van der Waals surface area contributed by atoms with E-state index in [1.807, 2.05) is 27.7 Å². The first-order valence-electron chi connectivity index (χ1n) is 6.13. The zero-order valence-corrected chi connectivity index (χ0v) is 11.1. The molecule has 2 amide bonds. The van der Waals surface area contributed by atoms with Crippen LogP contribution in [-0.4, -0.2) is 35.3 Å². The van der Waals surface area contributed by atoms with Gasteiger partial charge in [0.05, 0.1) is 0 Å². The third-order valence-electron chi connectivity index (χ3n) is 2.98. The number of rotatable bonds is 4. The monoisotopic (exact) mass is 238 g/mol. The predicted octanol–water partition coefficient (Wildman–Crippen LogP) is 1.32. The Morgan fingerprint density at radius 2 is 2.06 bits per heavy atom. The van der Waals surface area contributed by atoms with Crippen molar-refractivity contribution in [3.8, 4) is 0 Å². The topological polar surface area (TPSA) is 49.4 Å². The molecule has 0 saturated carbocycles. The van der Waals surface area contributed by atoms with E-state index < -0.39 is 0 Å². The summed E-state index contributed by atoms with van der Waals surface area (Å²) in [6.45, 7) is 12.0. The van der Waals surface area contributed by atoms with Crippen molar-refractivity contribution in [1.82, 2.24) is 10.2 Å². The van der Waals surface area contributed by atoms with Gasteiger partial charge in [-0.1, -0.05) is 32.9 Å². The first-order chi connectivity index (χ1) is 7.88. The summed E-state index contributed by atoms with van der Waals surface area (Å²) in [7, 11) is 0. The summed E-state index contributed by atoms with van der Waals surface area (Å²) in [5, 5.41) is 2.79. The molecule has 0 spiro atoms. The van der Waals surface area contributed by atoms with Crippen molar-refractivity contribution < 1.29 is 9.59 Å². The van der Waals surface area contributed by atoms with Crippen LogP contribution >= 0.6 is 0 Å². The van der Waals surface area contributed by atoms with Crippen molar-refractivity contribution in [2.75, 3.05) is 6.54 Å². The van der Waals surface area contributed by atoms with Crippen LogP contribution < -0.4 is 5.32 Å². The maximum atomic E-state index is 12.2. The van der Waals surface area contributed by atoms with Crippen molar-refractivity contribution in [1.29, 1.82) is 0 Å². The van der Waals surface area contributed by atoms with Gasteiger partial charge < -0.3 is 10.2 Å². The molecule has 0 aliphatic carbocycles. The zero-order valence-electron chi connectivity index (χ0n) is 11.1. The average Bonchev–Trinajstić information content (AvgIpc) is 2.21. The molecule has 1 aliphatic heterocycles. The molecule has 1 heterocycles. The van der Waals surface area contributed by atoms with Crippen molar-refractivity contribution in [2.24, 2.45) is 5.92 Å². The molecule has 17 heavy (non-hydrogen) atoms. The quantitative estimate of drug-likeness (QED) is 0.751. The molecule has 1 aliphatic rings. The molecule has 1 fully saturated rings. The number of hydrogen-bond acceptors (Lipinski definition) is 2. The maximum Gasteiger partial charge on any atom is 0.246 e. The van der Waals surface area contributed by atoms with Gasteiger partial charge in [0.2, 0.25) is 11.8 Å². The van der Waals surface area contributed by atoms with E-state index in [0.717, 1.165) is 5.57 Å². The van der Waals surface area contributed by atoms with Crippen LogP contribution in [-0.2, 0) is 9.59 Å². The Hall–Kier alpha value is -1.32. The van der Waals surface area contributed by atoms with Gasteiger partial charge in [-0.3, -0.25) is 9.59 Å². The van der Waals surface area contributed by atoms with E-state index in [-0.39, 0.29) is 29.8 Å². The summed E-state index contributed by atoms with van der Waals surface area (Å²) in [5.74, 6) is 0.0672.